The molecule has 0 spiro atoms. The molecule has 0 aliphatic rings. The zero-order valence-corrected chi connectivity index (χ0v) is 12.2. The van der Waals surface area contributed by atoms with Crippen LogP contribution < -0.4 is 5.56 Å². The average molecular weight is 330 g/mol. The molecule has 4 aromatic rings. The maximum absolute atomic E-state index is 12.5. The predicted molar refractivity (Wildman–Crippen MR) is 83.4 cm³/mol. The lowest BCUT2D eigenvalue weighted by atomic mass is 10.2. The number of nitrogens with zero attached hydrogens (tertiary/aromatic N) is 2. The Hall–Kier alpha value is -3.06. The van der Waals surface area contributed by atoms with Gasteiger partial charge in [-0.05, 0) is 24.3 Å². The number of furan rings is 1. The summed E-state index contributed by atoms with van der Waals surface area (Å²) in [5, 5.41) is 13.3. The first-order valence-electron chi connectivity index (χ1n) is 6.57. The Balaban J connectivity index is 2.03. The van der Waals surface area contributed by atoms with Crippen molar-refractivity contribution in [2.75, 3.05) is 0 Å². The number of nitrogens with one attached hydrogen (secondary N) is 1. The van der Waals surface area contributed by atoms with Gasteiger partial charge >= 0.3 is 5.97 Å². The minimum absolute atomic E-state index is 0.152. The van der Waals surface area contributed by atoms with Crippen molar-refractivity contribution in [1.29, 1.82) is 0 Å². The second-order valence-electron chi connectivity index (χ2n) is 4.91. The molecular weight excluding hydrogens is 322 g/mol. The number of halogens is 1. The van der Waals surface area contributed by atoms with Crippen LogP contribution in [0.1, 0.15) is 10.6 Å². The number of H-pyrrole nitrogens is 1. The van der Waals surface area contributed by atoms with Gasteiger partial charge in [0.2, 0.25) is 11.5 Å². The summed E-state index contributed by atoms with van der Waals surface area (Å²) < 4.78 is 6.49. The van der Waals surface area contributed by atoms with Gasteiger partial charge in [-0.1, -0.05) is 11.6 Å². The Morgan fingerprint density at radius 1 is 1.26 bits per heavy atom. The van der Waals surface area contributed by atoms with E-state index in [9.17, 15) is 9.59 Å². The van der Waals surface area contributed by atoms with E-state index in [-0.39, 0.29) is 17.0 Å². The fourth-order valence-electron chi connectivity index (χ4n) is 2.43. The van der Waals surface area contributed by atoms with Gasteiger partial charge < -0.3 is 9.52 Å². The summed E-state index contributed by atoms with van der Waals surface area (Å²) in [5.74, 6) is -1.43. The number of rotatable bonds is 2. The second kappa shape index (κ2) is 4.72. The normalized spacial score (nSPS) is 11.3. The van der Waals surface area contributed by atoms with E-state index in [2.05, 4.69) is 10.1 Å². The summed E-state index contributed by atoms with van der Waals surface area (Å²) in [7, 11) is 0. The lowest BCUT2D eigenvalue weighted by Crippen LogP contribution is -2.13. The Morgan fingerprint density at radius 3 is 2.70 bits per heavy atom. The molecule has 4 rings (SSSR count). The molecule has 3 aromatic heterocycles. The van der Waals surface area contributed by atoms with Crippen LogP contribution in [0.25, 0.3) is 27.7 Å². The number of benzene rings is 1. The van der Waals surface area contributed by atoms with E-state index in [0.29, 0.717) is 27.0 Å². The van der Waals surface area contributed by atoms with Crippen LogP contribution in [-0.4, -0.2) is 25.8 Å². The summed E-state index contributed by atoms with van der Waals surface area (Å²) in [6.07, 6.45) is 1.36. The van der Waals surface area contributed by atoms with Gasteiger partial charge in [0.1, 0.15) is 0 Å². The van der Waals surface area contributed by atoms with Crippen LogP contribution in [0.2, 0.25) is 5.02 Å². The number of aromatic carboxylic acids is 1. The van der Waals surface area contributed by atoms with Crippen LogP contribution >= 0.6 is 11.6 Å². The highest BCUT2D eigenvalue weighted by atomic mass is 35.5. The highest BCUT2D eigenvalue weighted by Gasteiger charge is 2.17. The largest absolute Gasteiger partial charge is 0.475 e. The molecule has 0 amide bonds. The fraction of sp³-hybridized carbons (Fsp3) is 0. The van der Waals surface area contributed by atoms with E-state index in [0.717, 1.165) is 0 Å². The minimum atomic E-state index is -1.20. The summed E-state index contributed by atoms with van der Waals surface area (Å²) in [6.45, 7) is 0. The van der Waals surface area contributed by atoms with Crippen molar-refractivity contribution in [3.05, 3.63) is 57.7 Å². The zero-order chi connectivity index (χ0) is 16.1. The monoisotopic (exact) mass is 329 g/mol. The van der Waals surface area contributed by atoms with E-state index in [1.165, 1.54) is 16.9 Å². The van der Waals surface area contributed by atoms with Crippen LogP contribution in [0.3, 0.4) is 0 Å². The van der Waals surface area contributed by atoms with Gasteiger partial charge in [0.05, 0.1) is 22.0 Å². The smallest absolute Gasteiger partial charge is 0.371 e. The molecule has 0 fully saturated rings. The van der Waals surface area contributed by atoms with Crippen LogP contribution in [-0.2, 0) is 0 Å². The number of carboxylic acids is 1. The quantitative estimate of drug-likeness (QED) is 0.589. The van der Waals surface area contributed by atoms with Gasteiger partial charge in [0, 0.05) is 17.3 Å². The third-order valence-electron chi connectivity index (χ3n) is 3.51. The number of aromatic nitrogens is 3. The highest BCUT2D eigenvalue weighted by molar-refractivity contribution is 6.30. The summed E-state index contributed by atoms with van der Waals surface area (Å²) >= 11 is 5.85. The second-order valence-corrected chi connectivity index (χ2v) is 5.35. The molecule has 0 saturated carbocycles. The number of carbonyl (C=O) groups is 1. The molecule has 23 heavy (non-hydrogen) atoms. The van der Waals surface area contributed by atoms with Crippen molar-refractivity contribution in [3.8, 4) is 5.69 Å². The van der Waals surface area contributed by atoms with E-state index in [1.54, 1.807) is 24.3 Å². The van der Waals surface area contributed by atoms with Crippen molar-refractivity contribution in [2.45, 2.75) is 0 Å². The third kappa shape index (κ3) is 2.01. The summed E-state index contributed by atoms with van der Waals surface area (Å²) in [4.78, 5) is 27.5. The molecule has 0 unspecified atom stereocenters. The van der Waals surface area contributed by atoms with E-state index in [4.69, 9.17) is 21.1 Å². The molecule has 3 heterocycles. The minimum Gasteiger partial charge on any atom is -0.475 e. The van der Waals surface area contributed by atoms with Crippen molar-refractivity contribution < 1.29 is 14.3 Å². The molecule has 0 saturated heterocycles. The Morgan fingerprint density at radius 2 is 2.00 bits per heavy atom. The van der Waals surface area contributed by atoms with Gasteiger partial charge in [0.15, 0.2) is 0 Å². The molecule has 0 atom stereocenters. The number of pyridine rings is 1. The molecule has 7 nitrogen and oxygen atoms in total. The van der Waals surface area contributed by atoms with Crippen molar-refractivity contribution in [3.63, 3.8) is 0 Å². The Bertz CT molecular complexity index is 1120. The fourth-order valence-corrected chi connectivity index (χ4v) is 2.56. The summed E-state index contributed by atoms with van der Waals surface area (Å²) in [6, 6.07) is 8.07. The summed E-state index contributed by atoms with van der Waals surface area (Å²) in [5.41, 5.74) is 0.922. The zero-order valence-electron chi connectivity index (χ0n) is 11.4. The van der Waals surface area contributed by atoms with Gasteiger partial charge in [-0.3, -0.25) is 9.89 Å². The Labute approximate surface area is 132 Å². The number of hydrogen-bond donors (Lipinski definition) is 2. The first-order valence-corrected chi connectivity index (χ1v) is 6.95. The maximum Gasteiger partial charge on any atom is 0.371 e. The van der Waals surface area contributed by atoms with Gasteiger partial charge in [-0.2, -0.15) is 0 Å². The maximum atomic E-state index is 12.5. The first-order chi connectivity index (χ1) is 11.0. The van der Waals surface area contributed by atoms with Gasteiger partial charge in [-0.25, -0.2) is 14.5 Å². The third-order valence-corrected chi connectivity index (χ3v) is 3.77. The van der Waals surface area contributed by atoms with Crippen LogP contribution in [0.5, 0.6) is 0 Å². The molecule has 0 radical (unpaired) electrons. The standard InChI is InChI=1S/C15H8ClN3O4/c16-7-1-3-8(4-2-7)19-14(20)10-6-17-13-9(12(10)18-19)5-11(23-13)15(21)22/h1-6,18H,(H,21,22). The van der Waals surface area contributed by atoms with Crippen LogP contribution in [0.15, 0.2) is 45.7 Å². The van der Waals surface area contributed by atoms with Gasteiger partial charge in [0.25, 0.3) is 5.56 Å². The molecule has 8 heteroatoms. The number of carboxylic acid groups (broad SMARTS) is 1. The van der Waals surface area contributed by atoms with E-state index >= 15 is 0 Å². The molecule has 0 bridgehead atoms. The SMILES string of the molecule is O=C(O)c1cc2c(ncc3c(=O)n(-c4ccc(Cl)cc4)[nH]c32)o1. The van der Waals surface area contributed by atoms with Crippen molar-refractivity contribution in [1.82, 2.24) is 14.8 Å². The lowest BCUT2D eigenvalue weighted by molar-refractivity contribution is 0.0664. The molecule has 2 N–H and O–H groups in total. The van der Waals surface area contributed by atoms with Crippen LogP contribution in [0, 0.1) is 0 Å². The average Bonchev–Trinajstić information content (AvgIpc) is 3.10. The highest BCUT2D eigenvalue weighted by Crippen LogP contribution is 2.24. The first kappa shape index (κ1) is 13.6. The molecule has 0 aliphatic heterocycles. The number of aromatic amines is 1. The molecule has 1 aromatic carbocycles. The van der Waals surface area contributed by atoms with Gasteiger partial charge in [-0.15, -0.1) is 0 Å². The predicted octanol–water partition coefficient (Wildman–Crippen LogP) is 2.81. The number of fused-ring (bicyclic) bond motifs is 3. The van der Waals surface area contributed by atoms with Crippen molar-refractivity contribution in [2.24, 2.45) is 0 Å². The van der Waals surface area contributed by atoms with E-state index < -0.39 is 5.97 Å². The molecular formula is C15H8ClN3O4. The van der Waals surface area contributed by atoms with Crippen LogP contribution in [0.4, 0.5) is 0 Å². The molecule has 0 aliphatic carbocycles. The number of hydrogen-bond acceptors (Lipinski definition) is 4. The Kier molecular flexibility index (Phi) is 2.79. The van der Waals surface area contributed by atoms with E-state index in [1.807, 2.05) is 0 Å². The molecule has 114 valence electrons. The van der Waals surface area contributed by atoms with Crippen molar-refractivity contribution >= 4 is 39.6 Å². The lowest BCUT2D eigenvalue weighted by Gasteiger charge is -2.00. The topological polar surface area (TPSA) is 101 Å².